The van der Waals surface area contributed by atoms with E-state index in [-0.39, 0.29) is 24.2 Å². The summed E-state index contributed by atoms with van der Waals surface area (Å²) in [6, 6.07) is 19.4. The maximum Gasteiger partial charge on any atom is 0.267 e. The molecule has 1 aliphatic heterocycles. The molecule has 1 amide bonds. The predicted molar refractivity (Wildman–Crippen MR) is 159 cm³/mol. The molecule has 9 heteroatoms. The summed E-state index contributed by atoms with van der Waals surface area (Å²) in [6.45, 7) is 0.202. The zero-order valence-corrected chi connectivity index (χ0v) is 24.3. The van der Waals surface area contributed by atoms with Crippen molar-refractivity contribution >= 4 is 50.5 Å². The molecule has 5 rings (SSSR count). The number of carbonyl (C=O) groups is 1. The van der Waals surface area contributed by atoms with E-state index in [1.165, 1.54) is 17.8 Å². The minimum atomic E-state index is -0.426. The van der Waals surface area contributed by atoms with Crippen LogP contribution in [0.15, 0.2) is 75.0 Å². The smallest absolute Gasteiger partial charge is 0.267 e. The van der Waals surface area contributed by atoms with E-state index in [9.17, 15) is 14.4 Å². The third-order valence-electron chi connectivity index (χ3n) is 6.94. The lowest BCUT2D eigenvalue weighted by atomic mass is 9.94. The van der Waals surface area contributed by atoms with Crippen LogP contribution in [0.25, 0.3) is 6.08 Å². The number of methoxy groups -OCH3 is 1. The van der Waals surface area contributed by atoms with E-state index in [1.807, 2.05) is 18.2 Å². The first-order valence-electron chi connectivity index (χ1n) is 13.0. The van der Waals surface area contributed by atoms with E-state index >= 15 is 0 Å². The average molecular weight is 621 g/mol. The minimum absolute atomic E-state index is 0.0372. The number of para-hydroxylation sites is 1. The Morgan fingerprint density at radius 3 is 2.62 bits per heavy atom. The molecule has 0 spiro atoms. The fourth-order valence-corrected chi connectivity index (χ4v) is 6.34. The molecule has 1 saturated carbocycles. The van der Waals surface area contributed by atoms with E-state index in [0.29, 0.717) is 31.6 Å². The van der Waals surface area contributed by atoms with Crippen LogP contribution in [0.4, 0.5) is 10.1 Å². The first kappa shape index (κ1) is 27.9. The number of ether oxygens (including phenoxy) is 2. The van der Waals surface area contributed by atoms with Crippen molar-refractivity contribution < 1.29 is 18.7 Å². The van der Waals surface area contributed by atoms with Crippen molar-refractivity contribution in [2.24, 2.45) is 4.99 Å². The molecule has 1 heterocycles. The Morgan fingerprint density at radius 2 is 1.88 bits per heavy atom. The number of thioether (sulfide) groups is 1. The molecule has 0 N–H and O–H groups in total. The summed E-state index contributed by atoms with van der Waals surface area (Å²) in [4.78, 5) is 20.5. The van der Waals surface area contributed by atoms with Crippen LogP contribution in [-0.2, 0) is 11.4 Å². The molecule has 3 aromatic rings. The second-order valence-electron chi connectivity index (χ2n) is 9.51. The lowest BCUT2D eigenvalue weighted by Crippen LogP contribution is -2.40. The number of nitriles is 1. The van der Waals surface area contributed by atoms with Crippen molar-refractivity contribution in [2.45, 2.75) is 44.8 Å². The molecule has 0 unspecified atom stereocenters. The van der Waals surface area contributed by atoms with E-state index in [0.717, 1.165) is 43.2 Å². The van der Waals surface area contributed by atoms with Crippen LogP contribution in [0.5, 0.6) is 11.5 Å². The lowest BCUT2D eigenvalue weighted by molar-refractivity contribution is -0.124. The second-order valence-corrected chi connectivity index (χ2v) is 11.4. The van der Waals surface area contributed by atoms with Gasteiger partial charge in [-0.25, -0.2) is 9.38 Å². The van der Waals surface area contributed by atoms with Crippen LogP contribution in [0.3, 0.4) is 0 Å². The van der Waals surface area contributed by atoms with Gasteiger partial charge in [0.2, 0.25) is 0 Å². The van der Waals surface area contributed by atoms with Crippen LogP contribution >= 0.6 is 27.7 Å². The van der Waals surface area contributed by atoms with Crippen molar-refractivity contribution in [3.63, 3.8) is 0 Å². The van der Waals surface area contributed by atoms with Gasteiger partial charge in [-0.15, -0.1) is 0 Å². The fraction of sp³-hybridized carbons (Fsp3) is 0.258. The zero-order valence-electron chi connectivity index (χ0n) is 21.9. The Hall–Kier alpha value is -3.61. The molecular weight excluding hydrogens is 593 g/mol. The molecule has 0 atom stereocenters. The number of aliphatic imine (C=N–C) groups is 1. The monoisotopic (exact) mass is 619 g/mol. The van der Waals surface area contributed by atoms with Gasteiger partial charge < -0.3 is 9.47 Å². The Labute approximate surface area is 245 Å². The summed E-state index contributed by atoms with van der Waals surface area (Å²) in [5, 5.41) is 9.86. The van der Waals surface area contributed by atoms with E-state index in [4.69, 9.17) is 9.47 Å². The standard InChI is InChI=1S/C31H27BrFN3O3S/c1-38-27-15-22(24(32)17-28(27)39-19-21-10-6-5-9-20(21)18-34)16-29-30(37)36(23-11-3-2-4-12-23)31(40-29)35-26-14-8-7-13-25(26)33/h5-10,13-17,23H,2-4,11-12,19H2,1H3. The third-order valence-corrected chi connectivity index (χ3v) is 8.61. The zero-order chi connectivity index (χ0) is 28.1. The van der Waals surface area contributed by atoms with Gasteiger partial charge in [0, 0.05) is 16.1 Å². The highest BCUT2D eigenvalue weighted by Gasteiger charge is 2.39. The van der Waals surface area contributed by atoms with Crippen LogP contribution in [-0.4, -0.2) is 29.1 Å². The number of hydrogen-bond acceptors (Lipinski definition) is 6. The molecule has 1 saturated heterocycles. The Kier molecular flexibility index (Phi) is 8.88. The number of carbonyl (C=O) groups excluding carboxylic acids is 1. The Bertz CT molecular complexity index is 1530. The lowest BCUT2D eigenvalue weighted by Gasteiger charge is -2.30. The number of nitrogens with zero attached hydrogens (tertiary/aromatic N) is 3. The van der Waals surface area contributed by atoms with Gasteiger partial charge in [-0.3, -0.25) is 9.69 Å². The quantitative estimate of drug-likeness (QED) is 0.251. The first-order valence-corrected chi connectivity index (χ1v) is 14.6. The molecule has 2 fully saturated rings. The molecular formula is C31H27BrFN3O3S. The molecule has 6 nitrogen and oxygen atoms in total. The van der Waals surface area contributed by atoms with Gasteiger partial charge in [-0.1, -0.05) is 65.5 Å². The molecule has 3 aromatic carbocycles. The molecule has 40 heavy (non-hydrogen) atoms. The van der Waals surface area contributed by atoms with Gasteiger partial charge in [-0.05, 0) is 66.6 Å². The summed E-state index contributed by atoms with van der Waals surface area (Å²) in [5.41, 5.74) is 2.26. The molecule has 204 valence electrons. The fourth-order valence-electron chi connectivity index (χ4n) is 4.86. The normalized spacial score (nSPS) is 17.9. The van der Waals surface area contributed by atoms with Crippen molar-refractivity contribution in [3.8, 4) is 17.6 Å². The highest BCUT2D eigenvalue weighted by molar-refractivity contribution is 9.10. The summed E-state index contributed by atoms with van der Waals surface area (Å²) in [7, 11) is 1.55. The molecule has 0 aromatic heterocycles. The summed E-state index contributed by atoms with van der Waals surface area (Å²) in [5.74, 6) is 0.431. The molecule has 1 aliphatic carbocycles. The Balaban J connectivity index is 1.45. The largest absolute Gasteiger partial charge is 0.493 e. The van der Waals surface area contributed by atoms with Gasteiger partial charge in [-0.2, -0.15) is 5.26 Å². The highest BCUT2D eigenvalue weighted by Crippen LogP contribution is 2.41. The SMILES string of the molecule is COc1cc(C=C2SC(=Nc3ccccc3F)N(C3CCCCC3)C2=O)c(Br)cc1OCc1ccccc1C#N. The van der Waals surface area contributed by atoms with Gasteiger partial charge in [0.25, 0.3) is 5.91 Å². The molecule has 0 radical (unpaired) electrons. The minimum Gasteiger partial charge on any atom is -0.493 e. The first-order chi connectivity index (χ1) is 19.5. The maximum atomic E-state index is 14.5. The Morgan fingerprint density at radius 1 is 1.12 bits per heavy atom. The molecule has 0 bridgehead atoms. The van der Waals surface area contributed by atoms with Gasteiger partial charge in [0.1, 0.15) is 18.1 Å². The van der Waals surface area contributed by atoms with Gasteiger partial charge in [0.15, 0.2) is 16.7 Å². The maximum absolute atomic E-state index is 14.5. The van der Waals surface area contributed by atoms with Crippen molar-refractivity contribution in [3.05, 3.63) is 92.5 Å². The number of amides is 1. The van der Waals surface area contributed by atoms with E-state index in [1.54, 1.807) is 54.5 Å². The summed E-state index contributed by atoms with van der Waals surface area (Å²) >= 11 is 4.87. The van der Waals surface area contributed by atoms with Gasteiger partial charge >= 0.3 is 0 Å². The van der Waals surface area contributed by atoms with E-state index in [2.05, 4.69) is 27.0 Å². The predicted octanol–water partition coefficient (Wildman–Crippen LogP) is 7.98. The van der Waals surface area contributed by atoms with Gasteiger partial charge in [0.05, 0.1) is 23.6 Å². The number of halogens is 2. The van der Waals surface area contributed by atoms with Crippen molar-refractivity contribution in [1.29, 1.82) is 5.26 Å². The second kappa shape index (κ2) is 12.7. The average Bonchev–Trinajstić information content (AvgIpc) is 3.28. The van der Waals surface area contributed by atoms with Crippen LogP contribution < -0.4 is 9.47 Å². The topological polar surface area (TPSA) is 74.9 Å². The van der Waals surface area contributed by atoms with Crippen molar-refractivity contribution in [2.75, 3.05) is 7.11 Å². The molecule has 2 aliphatic rings. The van der Waals surface area contributed by atoms with Crippen molar-refractivity contribution in [1.82, 2.24) is 4.90 Å². The highest BCUT2D eigenvalue weighted by atomic mass is 79.9. The number of amidine groups is 1. The number of hydrogen-bond donors (Lipinski definition) is 0. The summed E-state index contributed by atoms with van der Waals surface area (Å²) in [6.07, 6.45) is 6.84. The number of rotatable bonds is 7. The summed E-state index contributed by atoms with van der Waals surface area (Å²) < 4.78 is 26.8. The van der Waals surface area contributed by atoms with E-state index < -0.39 is 5.82 Å². The van der Waals surface area contributed by atoms with Crippen LogP contribution in [0.2, 0.25) is 0 Å². The van der Waals surface area contributed by atoms with Crippen LogP contribution in [0, 0.1) is 17.1 Å². The van der Waals surface area contributed by atoms with Crippen LogP contribution in [0.1, 0.15) is 48.8 Å². The third kappa shape index (κ3) is 6.08. The number of benzene rings is 3.